The van der Waals surface area contributed by atoms with Crippen LogP contribution in [0.1, 0.15) is 27.6 Å². The van der Waals surface area contributed by atoms with Crippen LogP contribution >= 0.6 is 0 Å². The Balaban J connectivity index is 2.11. The number of ketones is 2. The number of fused-ring (bicyclic) bond motifs is 1. The first-order valence-corrected chi connectivity index (χ1v) is 7.01. The normalized spacial score (nSPS) is 13.6. The Bertz CT molecular complexity index is 837. The van der Waals surface area contributed by atoms with Gasteiger partial charge < -0.3 is 10.1 Å². The van der Waals surface area contributed by atoms with E-state index in [9.17, 15) is 14.4 Å². The van der Waals surface area contributed by atoms with Crippen LogP contribution in [0.15, 0.2) is 66.1 Å². The Morgan fingerprint density at radius 1 is 0.870 bits per heavy atom. The van der Waals surface area contributed by atoms with Gasteiger partial charge in [0.2, 0.25) is 23.2 Å². The van der Waals surface area contributed by atoms with Crippen LogP contribution in [-0.4, -0.2) is 17.5 Å². The molecule has 0 aliphatic heterocycles. The molecule has 1 aliphatic carbocycles. The van der Waals surface area contributed by atoms with Crippen LogP contribution in [0.5, 0.6) is 5.75 Å². The number of Topliss-reactive ketones (excluding diaryl/α,β-unsaturated/α-hetero) is 2. The second-order valence-electron chi connectivity index (χ2n) is 5.00. The molecule has 3 rings (SSSR count). The monoisotopic (exact) mass is 307 g/mol. The van der Waals surface area contributed by atoms with E-state index in [0.717, 1.165) is 0 Å². The van der Waals surface area contributed by atoms with Gasteiger partial charge in [0.05, 0.1) is 0 Å². The summed E-state index contributed by atoms with van der Waals surface area (Å²) in [4.78, 5) is 36.7. The van der Waals surface area contributed by atoms with Gasteiger partial charge in [0.15, 0.2) is 0 Å². The zero-order valence-electron chi connectivity index (χ0n) is 12.3. The second-order valence-corrected chi connectivity index (χ2v) is 5.00. The van der Waals surface area contributed by atoms with E-state index in [-0.39, 0.29) is 22.6 Å². The van der Waals surface area contributed by atoms with E-state index in [1.54, 1.807) is 54.6 Å². The number of allylic oxidation sites excluding steroid dienone is 2. The van der Waals surface area contributed by atoms with Crippen molar-refractivity contribution in [1.82, 2.24) is 5.32 Å². The number of hydrogen-bond donors (Lipinski definition) is 1. The van der Waals surface area contributed by atoms with E-state index in [1.807, 2.05) is 0 Å². The standard InChI is InChI=1S/C18H13NO4/c1-11(20)19-15-16(21)13-9-5-6-10-14(13)17(22)18(15)23-12-7-3-2-4-8-12/h2-10H,1H3,(H,19,20). The first-order chi connectivity index (χ1) is 11.1. The quantitative estimate of drug-likeness (QED) is 0.945. The third-order valence-corrected chi connectivity index (χ3v) is 3.34. The highest BCUT2D eigenvalue weighted by Crippen LogP contribution is 2.27. The average Bonchev–Trinajstić information content (AvgIpc) is 2.56. The molecule has 0 heterocycles. The number of rotatable bonds is 3. The van der Waals surface area contributed by atoms with Gasteiger partial charge in [0.25, 0.3) is 0 Å². The van der Waals surface area contributed by atoms with Crippen LogP contribution in [-0.2, 0) is 4.79 Å². The molecule has 0 spiro atoms. The molecule has 0 fully saturated rings. The minimum absolute atomic E-state index is 0.134. The summed E-state index contributed by atoms with van der Waals surface area (Å²) in [5.74, 6) is -1.09. The van der Waals surface area contributed by atoms with Crippen molar-refractivity contribution in [3.05, 3.63) is 77.2 Å². The van der Waals surface area contributed by atoms with Crippen molar-refractivity contribution < 1.29 is 19.1 Å². The molecule has 23 heavy (non-hydrogen) atoms. The van der Waals surface area contributed by atoms with Crippen LogP contribution in [0.25, 0.3) is 0 Å². The van der Waals surface area contributed by atoms with E-state index < -0.39 is 17.5 Å². The van der Waals surface area contributed by atoms with Crippen LogP contribution in [0.4, 0.5) is 0 Å². The SMILES string of the molecule is CC(=O)NC1=C(Oc2ccccc2)C(=O)c2ccccc2C1=O. The molecule has 1 aliphatic rings. The Morgan fingerprint density at radius 3 is 2.04 bits per heavy atom. The number of ether oxygens (including phenoxy) is 1. The largest absolute Gasteiger partial charge is 0.451 e. The summed E-state index contributed by atoms with van der Waals surface area (Å²) < 4.78 is 5.60. The van der Waals surface area contributed by atoms with E-state index in [1.165, 1.54) is 6.92 Å². The molecule has 0 radical (unpaired) electrons. The lowest BCUT2D eigenvalue weighted by Crippen LogP contribution is -2.34. The molecular formula is C18H13NO4. The summed E-state index contributed by atoms with van der Waals surface area (Å²) in [6.07, 6.45) is 0. The van der Waals surface area contributed by atoms with Crippen molar-refractivity contribution in [3.8, 4) is 5.75 Å². The van der Waals surface area contributed by atoms with E-state index in [0.29, 0.717) is 5.75 Å². The van der Waals surface area contributed by atoms with E-state index >= 15 is 0 Å². The summed E-state index contributed by atoms with van der Waals surface area (Å²) in [7, 11) is 0. The lowest BCUT2D eigenvalue weighted by atomic mass is 9.91. The van der Waals surface area contributed by atoms with Crippen molar-refractivity contribution in [2.24, 2.45) is 0 Å². The average molecular weight is 307 g/mol. The van der Waals surface area contributed by atoms with Gasteiger partial charge in [0, 0.05) is 18.1 Å². The first kappa shape index (κ1) is 14.7. The van der Waals surface area contributed by atoms with Crippen LogP contribution in [0.2, 0.25) is 0 Å². The van der Waals surface area contributed by atoms with Crippen LogP contribution < -0.4 is 10.1 Å². The molecule has 2 aromatic rings. The molecule has 0 aromatic heterocycles. The van der Waals surface area contributed by atoms with E-state index in [2.05, 4.69) is 5.32 Å². The van der Waals surface area contributed by atoms with Crippen molar-refractivity contribution in [1.29, 1.82) is 0 Å². The number of hydrogen-bond acceptors (Lipinski definition) is 4. The molecule has 1 amide bonds. The predicted molar refractivity (Wildman–Crippen MR) is 83.0 cm³/mol. The Morgan fingerprint density at radius 2 is 1.43 bits per heavy atom. The van der Waals surface area contributed by atoms with Crippen molar-refractivity contribution in [2.45, 2.75) is 6.92 Å². The molecule has 0 bridgehead atoms. The summed E-state index contributed by atoms with van der Waals surface area (Å²) >= 11 is 0. The molecule has 5 nitrogen and oxygen atoms in total. The highest BCUT2D eigenvalue weighted by molar-refractivity contribution is 6.26. The number of amides is 1. The maximum absolute atomic E-state index is 12.7. The number of carbonyl (C=O) groups excluding carboxylic acids is 3. The molecule has 0 unspecified atom stereocenters. The third kappa shape index (κ3) is 2.76. The Hall–Kier alpha value is -3.21. The maximum Gasteiger partial charge on any atom is 0.231 e. The highest BCUT2D eigenvalue weighted by atomic mass is 16.5. The minimum Gasteiger partial charge on any atom is -0.451 e. The van der Waals surface area contributed by atoms with Crippen molar-refractivity contribution in [2.75, 3.05) is 0 Å². The molecule has 0 saturated heterocycles. The molecule has 1 N–H and O–H groups in total. The van der Waals surface area contributed by atoms with Gasteiger partial charge in [-0.15, -0.1) is 0 Å². The van der Waals surface area contributed by atoms with Gasteiger partial charge in [0.1, 0.15) is 11.4 Å². The molecule has 2 aromatic carbocycles. The van der Waals surface area contributed by atoms with E-state index in [4.69, 9.17) is 4.74 Å². The molecular weight excluding hydrogens is 294 g/mol. The van der Waals surface area contributed by atoms with Gasteiger partial charge >= 0.3 is 0 Å². The maximum atomic E-state index is 12.7. The Kier molecular flexibility index (Phi) is 3.76. The number of para-hydroxylation sites is 1. The number of benzene rings is 2. The number of nitrogens with one attached hydrogen (secondary N) is 1. The minimum atomic E-state index is -0.449. The molecule has 0 saturated carbocycles. The summed E-state index contributed by atoms with van der Waals surface area (Å²) in [6.45, 7) is 1.27. The summed E-state index contributed by atoms with van der Waals surface area (Å²) in [5, 5.41) is 2.42. The summed E-state index contributed by atoms with van der Waals surface area (Å²) in [5.41, 5.74) is 0.379. The lowest BCUT2D eigenvalue weighted by Gasteiger charge is -2.21. The third-order valence-electron chi connectivity index (χ3n) is 3.34. The Labute approximate surface area is 132 Å². The van der Waals surface area contributed by atoms with Crippen molar-refractivity contribution in [3.63, 3.8) is 0 Å². The fraction of sp³-hybridized carbons (Fsp3) is 0.0556. The fourth-order valence-electron chi connectivity index (χ4n) is 2.35. The molecule has 114 valence electrons. The number of carbonyl (C=O) groups is 3. The fourth-order valence-corrected chi connectivity index (χ4v) is 2.35. The van der Waals surface area contributed by atoms with Gasteiger partial charge in [-0.1, -0.05) is 42.5 Å². The van der Waals surface area contributed by atoms with Gasteiger partial charge in [-0.3, -0.25) is 14.4 Å². The van der Waals surface area contributed by atoms with Crippen molar-refractivity contribution >= 4 is 17.5 Å². The smallest absolute Gasteiger partial charge is 0.231 e. The highest BCUT2D eigenvalue weighted by Gasteiger charge is 2.34. The van der Waals surface area contributed by atoms with Gasteiger partial charge in [-0.05, 0) is 12.1 Å². The first-order valence-electron chi connectivity index (χ1n) is 7.01. The van der Waals surface area contributed by atoms with Crippen LogP contribution in [0, 0.1) is 0 Å². The van der Waals surface area contributed by atoms with Gasteiger partial charge in [-0.2, -0.15) is 0 Å². The van der Waals surface area contributed by atoms with Crippen LogP contribution in [0.3, 0.4) is 0 Å². The second kappa shape index (κ2) is 5.88. The topological polar surface area (TPSA) is 72.5 Å². The van der Waals surface area contributed by atoms with Gasteiger partial charge in [-0.25, -0.2) is 0 Å². The molecule has 5 heteroatoms. The zero-order chi connectivity index (χ0) is 16.4. The predicted octanol–water partition coefficient (Wildman–Crippen LogP) is 2.49. The summed E-state index contributed by atoms with van der Waals surface area (Å²) in [6, 6.07) is 15.1. The zero-order valence-corrected chi connectivity index (χ0v) is 12.3. The molecule has 0 atom stereocenters. The lowest BCUT2D eigenvalue weighted by molar-refractivity contribution is -0.118.